The van der Waals surface area contributed by atoms with Crippen LogP contribution in [0.3, 0.4) is 0 Å². The number of rotatable bonds is 4. The molecule has 0 saturated carbocycles. The molecule has 0 fully saturated rings. The molecule has 1 aromatic rings. The van der Waals surface area contributed by atoms with Crippen molar-refractivity contribution in [3.05, 3.63) is 16.1 Å². The first kappa shape index (κ1) is 10.6. The van der Waals surface area contributed by atoms with E-state index in [4.69, 9.17) is 10.5 Å². The molecule has 1 heterocycles. The molecule has 0 spiro atoms. The van der Waals surface area contributed by atoms with Gasteiger partial charge < -0.3 is 10.5 Å². The maximum atomic E-state index is 5.91. The Labute approximate surface area is 82.9 Å². The van der Waals surface area contributed by atoms with Gasteiger partial charge in [0.05, 0.1) is 11.1 Å². The van der Waals surface area contributed by atoms with Gasteiger partial charge in [-0.05, 0) is 13.8 Å². The summed E-state index contributed by atoms with van der Waals surface area (Å²) in [5.41, 5.74) is 6.98. The highest BCUT2D eigenvalue weighted by Crippen LogP contribution is 2.12. The SMILES string of the molecule is COC(C)C(N)Cc1nc(C)cs1. The number of ether oxygens (including phenoxy) is 1. The van der Waals surface area contributed by atoms with Crippen LogP contribution in [0.5, 0.6) is 0 Å². The molecule has 0 amide bonds. The number of aryl methyl sites for hydroxylation is 1. The largest absolute Gasteiger partial charge is 0.380 e. The van der Waals surface area contributed by atoms with Gasteiger partial charge in [0.25, 0.3) is 0 Å². The summed E-state index contributed by atoms with van der Waals surface area (Å²) in [4.78, 5) is 4.35. The van der Waals surface area contributed by atoms with E-state index in [2.05, 4.69) is 4.98 Å². The molecular weight excluding hydrogens is 184 g/mol. The van der Waals surface area contributed by atoms with Crippen molar-refractivity contribution < 1.29 is 4.74 Å². The van der Waals surface area contributed by atoms with Crippen molar-refractivity contribution in [3.8, 4) is 0 Å². The van der Waals surface area contributed by atoms with Crippen LogP contribution in [0.4, 0.5) is 0 Å². The molecule has 3 nitrogen and oxygen atoms in total. The van der Waals surface area contributed by atoms with E-state index in [1.807, 2.05) is 19.2 Å². The van der Waals surface area contributed by atoms with E-state index in [-0.39, 0.29) is 12.1 Å². The Bertz CT molecular complexity index is 262. The second-order valence-corrected chi connectivity index (χ2v) is 4.13. The van der Waals surface area contributed by atoms with Crippen LogP contribution in [0.25, 0.3) is 0 Å². The van der Waals surface area contributed by atoms with Gasteiger partial charge in [-0.3, -0.25) is 0 Å². The third-order valence-electron chi connectivity index (χ3n) is 2.05. The standard InChI is InChI=1S/C9H16N2OS/c1-6-5-13-9(11-6)4-8(10)7(2)12-3/h5,7-8H,4,10H2,1-3H3. The molecule has 0 aliphatic rings. The zero-order valence-electron chi connectivity index (χ0n) is 8.28. The molecule has 0 aromatic carbocycles. The Kier molecular flexibility index (Phi) is 3.84. The molecule has 1 aromatic heterocycles. The predicted octanol–water partition coefficient (Wildman–Crippen LogP) is 1.36. The number of hydrogen-bond acceptors (Lipinski definition) is 4. The molecule has 0 radical (unpaired) electrons. The van der Waals surface area contributed by atoms with E-state index in [1.54, 1.807) is 18.4 Å². The van der Waals surface area contributed by atoms with Gasteiger partial charge >= 0.3 is 0 Å². The summed E-state index contributed by atoms with van der Waals surface area (Å²) in [5, 5.41) is 3.13. The van der Waals surface area contributed by atoms with Gasteiger partial charge in [-0.1, -0.05) is 0 Å². The number of nitrogens with two attached hydrogens (primary N) is 1. The second-order valence-electron chi connectivity index (χ2n) is 3.19. The van der Waals surface area contributed by atoms with Crippen molar-refractivity contribution in [2.24, 2.45) is 5.73 Å². The first-order valence-corrected chi connectivity index (χ1v) is 5.21. The molecule has 13 heavy (non-hydrogen) atoms. The summed E-state index contributed by atoms with van der Waals surface area (Å²) in [6, 6.07) is 0.0375. The summed E-state index contributed by atoms with van der Waals surface area (Å²) >= 11 is 1.66. The monoisotopic (exact) mass is 200 g/mol. The quantitative estimate of drug-likeness (QED) is 0.798. The van der Waals surface area contributed by atoms with E-state index < -0.39 is 0 Å². The third kappa shape index (κ3) is 3.06. The van der Waals surface area contributed by atoms with Gasteiger partial charge in [-0.2, -0.15) is 0 Å². The van der Waals surface area contributed by atoms with Crippen molar-refractivity contribution in [1.29, 1.82) is 0 Å². The topological polar surface area (TPSA) is 48.1 Å². The van der Waals surface area contributed by atoms with Crippen LogP contribution in [-0.2, 0) is 11.2 Å². The predicted molar refractivity (Wildman–Crippen MR) is 55.0 cm³/mol. The molecule has 74 valence electrons. The highest BCUT2D eigenvalue weighted by molar-refractivity contribution is 7.09. The number of methoxy groups -OCH3 is 1. The lowest BCUT2D eigenvalue weighted by molar-refractivity contribution is 0.0955. The fourth-order valence-corrected chi connectivity index (χ4v) is 1.88. The second kappa shape index (κ2) is 4.69. The van der Waals surface area contributed by atoms with Crippen LogP contribution in [0.15, 0.2) is 5.38 Å². The lowest BCUT2D eigenvalue weighted by Crippen LogP contribution is -2.35. The van der Waals surface area contributed by atoms with Crippen molar-refractivity contribution in [2.45, 2.75) is 32.4 Å². The minimum absolute atomic E-state index is 0.0375. The van der Waals surface area contributed by atoms with E-state index in [1.165, 1.54) is 0 Å². The highest BCUT2D eigenvalue weighted by Gasteiger charge is 2.13. The zero-order valence-corrected chi connectivity index (χ0v) is 9.10. The van der Waals surface area contributed by atoms with E-state index in [0.717, 1.165) is 17.1 Å². The Morgan fingerprint density at radius 1 is 1.69 bits per heavy atom. The summed E-state index contributed by atoms with van der Waals surface area (Å²) in [5.74, 6) is 0. The Hall–Kier alpha value is -0.450. The van der Waals surface area contributed by atoms with Gasteiger partial charge in [0.15, 0.2) is 0 Å². The fourth-order valence-electron chi connectivity index (χ4n) is 1.04. The van der Waals surface area contributed by atoms with Crippen LogP contribution in [0, 0.1) is 6.92 Å². The highest BCUT2D eigenvalue weighted by atomic mass is 32.1. The number of nitrogens with zero attached hydrogens (tertiary/aromatic N) is 1. The summed E-state index contributed by atoms with van der Waals surface area (Å²) in [6.07, 6.45) is 0.886. The minimum Gasteiger partial charge on any atom is -0.380 e. The van der Waals surface area contributed by atoms with Gasteiger partial charge in [0.2, 0.25) is 0 Å². The molecular formula is C9H16N2OS. The number of hydrogen-bond donors (Lipinski definition) is 1. The average Bonchev–Trinajstić information content (AvgIpc) is 2.49. The van der Waals surface area contributed by atoms with Crippen LogP contribution in [0.1, 0.15) is 17.6 Å². The molecule has 0 bridgehead atoms. The van der Waals surface area contributed by atoms with Crippen molar-refractivity contribution >= 4 is 11.3 Å². The maximum absolute atomic E-state index is 5.91. The average molecular weight is 200 g/mol. The van der Waals surface area contributed by atoms with Crippen molar-refractivity contribution in [2.75, 3.05) is 7.11 Å². The first-order chi connectivity index (χ1) is 6.13. The van der Waals surface area contributed by atoms with Gasteiger partial charge in [-0.15, -0.1) is 11.3 Å². The zero-order chi connectivity index (χ0) is 9.84. The number of aromatic nitrogens is 1. The molecule has 0 saturated heterocycles. The van der Waals surface area contributed by atoms with E-state index >= 15 is 0 Å². The molecule has 4 heteroatoms. The molecule has 2 unspecified atom stereocenters. The minimum atomic E-state index is 0.0375. The van der Waals surface area contributed by atoms with Gasteiger partial charge in [-0.25, -0.2) is 4.98 Å². The number of thiazole rings is 1. The van der Waals surface area contributed by atoms with Crippen LogP contribution in [0.2, 0.25) is 0 Å². The molecule has 0 aliphatic heterocycles. The third-order valence-corrected chi connectivity index (χ3v) is 3.04. The summed E-state index contributed by atoms with van der Waals surface area (Å²) in [7, 11) is 1.68. The first-order valence-electron chi connectivity index (χ1n) is 4.33. The summed E-state index contributed by atoms with van der Waals surface area (Å²) in [6.45, 7) is 3.97. The van der Waals surface area contributed by atoms with E-state index in [9.17, 15) is 0 Å². The van der Waals surface area contributed by atoms with Crippen LogP contribution < -0.4 is 5.73 Å². The Balaban J connectivity index is 2.49. The fraction of sp³-hybridized carbons (Fsp3) is 0.667. The smallest absolute Gasteiger partial charge is 0.0944 e. The maximum Gasteiger partial charge on any atom is 0.0944 e. The van der Waals surface area contributed by atoms with Crippen molar-refractivity contribution in [3.63, 3.8) is 0 Å². The van der Waals surface area contributed by atoms with E-state index in [0.29, 0.717) is 0 Å². The Morgan fingerprint density at radius 3 is 2.85 bits per heavy atom. The van der Waals surface area contributed by atoms with Crippen LogP contribution >= 0.6 is 11.3 Å². The van der Waals surface area contributed by atoms with Gasteiger partial charge in [0.1, 0.15) is 0 Å². The normalized spacial score (nSPS) is 15.7. The molecule has 2 atom stereocenters. The lowest BCUT2D eigenvalue weighted by Gasteiger charge is -2.16. The van der Waals surface area contributed by atoms with Crippen molar-refractivity contribution in [1.82, 2.24) is 4.98 Å². The lowest BCUT2D eigenvalue weighted by atomic mass is 10.1. The van der Waals surface area contributed by atoms with Gasteiger partial charge in [0, 0.05) is 30.6 Å². The summed E-state index contributed by atoms with van der Waals surface area (Å²) < 4.78 is 5.14. The molecule has 2 N–H and O–H groups in total. The Morgan fingerprint density at radius 2 is 2.38 bits per heavy atom. The van der Waals surface area contributed by atoms with Crippen LogP contribution in [-0.4, -0.2) is 24.2 Å². The molecule has 1 rings (SSSR count). The molecule has 0 aliphatic carbocycles.